The highest BCUT2D eigenvalue weighted by molar-refractivity contribution is 5.48. The number of rotatable bonds is 4. The molecule has 2 aliphatic rings. The van der Waals surface area contributed by atoms with Crippen LogP contribution in [-0.2, 0) is 11.3 Å². The predicted octanol–water partition coefficient (Wildman–Crippen LogP) is 2.07. The van der Waals surface area contributed by atoms with Crippen molar-refractivity contribution >= 4 is 0 Å². The van der Waals surface area contributed by atoms with E-state index in [4.69, 9.17) is 14.2 Å². The number of ether oxygens (including phenoxy) is 3. The van der Waals surface area contributed by atoms with E-state index < -0.39 is 0 Å². The monoisotopic (exact) mass is 249 g/mol. The third-order valence-corrected chi connectivity index (χ3v) is 3.44. The third kappa shape index (κ3) is 2.60. The highest BCUT2D eigenvalue weighted by Crippen LogP contribution is 2.35. The Balaban J connectivity index is 1.52. The van der Waals surface area contributed by atoms with Crippen molar-refractivity contribution in [2.24, 2.45) is 0 Å². The summed E-state index contributed by atoms with van der Waals surface area (Å²) >= 11 is 0. The van der Waals surface area contributed by atoms with Crippen molar-refractivity contribution in [3.05, 3.63) is 23.8 Å². The molecule has 0 saturated carbocycles. The lowest BCUT2D eigenvalue weighted by Crippen LogP contribution is -2.31. The Morgan fingerprint density at radius 1 is 1.22 bits per heavy atom. The van der Waals surface area contributed by atoms with Gasteiger partial charge in [-0.05, 0) is 25.3 Å². The first-order valence-electron chi connectivity index (χ1n) is 6.63. The molecule has 1 fully saturated rings. The second-order valence-corrected chi connectivity index (χ2v) is 4.77. The molecule has 3 rings (SSSR count). The van der Waals surface area contributed by atoms with Crippen LogP contribution < -0.4 is 14.8 Å². The summed E-state index contributed by atoms with van der Waals surface area (Å²) in [5, 5.41) is 3.44. The van der Waals surface area contributed by atoms with Crippen LogP contribution in [0.5, 0.6) is 11.5 Å². The van der Waals surface area contributed by atoms with Crippen LogP contribution in [0.25, 0.3) is 0 Å². The molecule has 0 amide bonds. The predicted molar refractivity (Wildman–Crippen MR) is 67.9 cm³/mol. The minimum absolute atomic E-state index is 0.331. The van der Waals surface area contributed by atoms with Gasteiger partial charge in [-0.25, -0.2) is 0 Å². The normalized spacial score (nSPS) is 22.1. The molecule has 1 aromatic carbocycles. The molecule has 0 aliphatic carbocycles. The molecule has 1 N–H and O–H groups in total. The molecule has 0 bridgehead atoms. The number of para-hydroxylation sites is 1. The van der Waals surface area contributed by atoms with E-state index in [1.165, 1.54) is 19.3 Å². The van der Waals surface area contributed by atoms with Crippen LogP contribution in [0.15, 0.2) is 18.2 Å². The van der Waals surface area contributed by atoms with Gasteiger partial charge in [-0.1, -0.05) is 12.1 Å². The lowest BCUT2D eigenvalue weighted by Gasteiger charge is -2.22. The Kier molecular flexibility index (Phi) is 3.67. The van der Waals surface area contributed by atoms with E-state index in [1.54, 1.807) is 0 Å². The van der Waals surface area contributed by atoms with Gasteiger partial charge in [-0.2, -0.15) is 0 Å². The van der Waals surface area contributed by atoms with Gasteiger partial charge in [0.1, 0.15) is 0 Å². The second kappa shape index (κ2) is 5.59. The summed E-state index contributed by atoms with van der Waals surface area (Å²) < 4.78 is 16.5. The second-order valence-electron chi connectivity index (χ2n) is 4.77. The fourth-order valence-electron chi connectivity index (χ4n) is 2.47. The Morgan fingerprint density at radius 3 is 3.11 bits per heavy atom. The summed E-state index contributed by atoms with van der Waals surface area (Å²) in [5.41, 5.74) is 1.15. The van der Waals surface area contributed by atoms with E-state index >= 15 is 0 Å². The summed E-state index contributed by atoms with van der Waals surface area (Å²) in [6.07, 6.45) is 4.02. The zero-order valence-electron chi connectivity index (χ0n) is 10.5. The van der Waals surface area contributed by atoms with Crippen LogP contribution in [0.2, 0.25) is 0 Å². The van der Waals surface area contributed by atoms with Crippen molar-refractivity contribution in [2.75, 3.05) is 19.9 Å². The SMILES string of the molecule is c1cc(CNCC2CCCCO2)c2c(c1)OCO2. The van der Waals surface area contributed by atoms with Gasteiger partial charge >= 0.3 is 0 Å². The number of hydrogen-bond acceptors (Lipinski definition) is 4. The molecule has 4 nitrogen and oxygen atoms in total. The molecular weight excluding hydrogens is 230 g/mol. The van der Waals surface area contributed by atoms with Crippen molar-refractivity contribution in [1.29, 1.82) is 0 Å². The van der Waals surface area contributed by atoms with Crippen molar-refractivity contribution < 1.29 is 14.2 Å². The van der Waals surface area contributed by atoms with Gasteiger partial charge in [-0.3, -0.25) is 0 Å². The molecule has 1 unspecified atom stereocenters. The summed E-state index contributed by atoms with van der Waals surface area (Å²) in [5.74, 6) is 1.73. The summed E-state index contributed by atoms with van der Waals surface area (Å²) in [7, 11) is 0. The van der Waals surface area contributed by atoms with Gasteiger partial charge in [0.15, 0.2) is 11.5 Å². The standard InChI is InChI=1S/C14H19NO3/c1-2-7-16-12(5-1)9-15-8-11-4-3-6-13-14(11)18-10-17-13/h3-4,6,12,15H,1-2,5,7-10H2. The van der Waals surface area contributed by atoms with Crippen molar-refractivity contribution in [2.45, 2.75) is 31.9 Å². The van der Waals surface area contributed by atoms with E-state index in [9.17, 15) is 0 Å². The number of fused-ring (bicyclic) bond motifs is 1. The number of nitrogens with one attached hydrogen (secondary N) is 1. The molecule has 0 aromatic heterocycles. The van der Waals surface area contributed by atoms with E-state index in [-0.39, 0.29) is 0 Å². The van der Waals surface area contributed by atoms with E-state index in [2.05, 4.69) is 11.4 Å². The lowest BCUT2D eigenvalue weighted by molar-refractivity contribution is 0.0167. The molecule has 1 aromatic rings. The minimum atomic E-state index is 0.331. The zero-order valence-corrected chi connectivity index (χ0v) is 10.5. The summed E-state index contributed by atoms with van der Waals surface area (Å²) in [4.78, 5) is 0. The smallest absolute Gasteiger partial charge is 0.231 e. The first kappa shape index (κ1) is 11.8. The van der Waals surface area contributed by atoms with Crippen LogP contribution in [-0.4, -0.2) is 26.0 Å². The average molecular weight is 249 g/mol. The molecule has 2 heterocycles. The molecule has 1 atom stereocenters. The van der Waals surface area contributed by atoms with Crippen LogP contribution in [0.4, 0.5) is 0 Å². The molecular formula is C14H19NO3. The van der Waals surface area contributed by atoms with Gasteiger partial charge in [0, 0.05) is 25.3 Å². The van der Waals surface area contributed by atoms with Gasteiger partial charge < -0.3 is 19.5 Å². The average Bonchev–Trinajstić information content (AvgIpc) is 2.89. The molecule has 0 spiro atoms. The largest absolute Gasteiger partial charge is 0.454 e. The van der Waals surface area contributed by atoms with Gasteiger partial charge in [0.25, 0.3) is 0 Å². The van der Waals surface area contributed by atoms with Gasteiger partial charge in [0.05, 0.1) is 6.10 Å². The molecule has 2 aliphatic heterocycles. The Bertz CT molecular complexity index is 402. The maximum absolute atomic E-state index is 5.69. The Morgan fingerprint density at radius 2 is 2.22 bits per heavy atom. The fraction of sp³-hybridized carbons (Fsp3) is 0.571. The highest BCUT2D eigenvalue weighted by Gasteiger charge is 2.17. The number of benzene rings is 1. The maximum Gasteiger partial charge on any atom is 0.231 e. The topological polar surface area (TPSA) is 39.7 Å². The minimum Gasteiger partial charge on any atom is -0.454 e. The zero-order chi connectivity index (χ0) is 12.2. The molecule has 18 heavy (non-hydrogen) atoms. The summed E-state index contributed by atoms with van der Waals surface area (Å²) in [6.45, 7) is 2.94. The maximum atomic E-state index is 5.69. The molecule has 1 saturated heterocycles. The first-order chi connectivity index (χ1) is 8.93. The molecule has 4 heteroatoms. The van der Waals surface area contributed by atoms with Crippen molar-refractivity contribution in [3.63, 3.8) is 0 Å². The van der Waals surface area contributed by atoms with E-state index in [1.807, 2.05) is 12.1 Å². The van der Waals surface area contributed by atoms with Crippen LogP contribution in [0.1, 0.15) is 24.8 Å². The van der Waals surface area contributed by atoms with E-state index in [0.717, 1.165) is 36.8 Å². The van der Waals surface area contributed by atoms with Gasteiger partial charge in [0.2, 0.25) is 6.79 Å². The van der Waals surface area contributed by atoms with Gasteiger partial charge in [-0.15, -0.1) is 0 Å². The van der Waals surface area contributed by atoms with Crippen LogP contribution in [0, 0.1) is 0 Å². The fourth-order valence-corrected chi connectivity index (χ4v) is 2.47. The highest BCUT2D eigenvalue weighted by atomic mass is 16.7. The number of hydrogen-bond donors (Lipinski definition) is 1. The van der Waals surface area contributed by atoms with Crippen molar-refractivity contribution in [1.82, 2.24) is 5.32 Å². The Labute approximate surface area is 107 Å². The lowest BCUT2D eigenvalue weighted by atomic mass is 10.1. The third-order valence-electron chi connectivity index (χ3n) is 3.44. The molecule has 98 valence electrons. The van der Waals surface area contributed by atoms with E-state index in [0.29, 0.717) is 12.9 Å². The first-order valence-corrected chi connectivity index (χ1v) is 6.63. The quantitative estimate of drug-likeness (QED) is 0.886. The van der Waals surface area contributed by atoms with Crippen LogP contribution in [0.3, 0.4) is 0 Å². The Hall–Kier alpha value is -1.26. The van der Waals surface area contributed by atoms with Crippen molar-refractivity contribution in [3.8, 4) is 11.5 Å². The summed E-state index contributed by atoms with van der Waals surface area (Å²) in [6, 6.07) is 6.01. The van der Waals surface area contributed by atoms with Crippen LogP contribution >= 0.6 is 0 Å². The molecule has 0 radical (unpaired) electrons.